The Labute approximate surface area is 59.0 Å². The van der Waals surface area contributed by atoms with Gasteiger partial charge in [0.05, 0.1) is 0 Å². The second-order valence-corrected chi connectivity index (χ2v) is 2.53. The third-order valence-corrected chi connectivity index (χ3v) is 1.60. The zero-order valence-corrected chi connectivity index (χ0v) is 6.15. The first-order valence-electron chi connectivity index (χ1n) is 2.78. The van der Waals surface area contributed by atoms with Crippen LogP contribution in [0.5, 0.6) is 0 Å². The summed E-state index contributed by atoms with van der Waals surface area (Å²) < 4.78 is 0. The number of rotatable bonds is 4. The second-order valence-electron chi connectivity index (χ2n) is 1.51. The molecule has 9 heavy (non-hydrogen) atoms. The second kappa shape index (κ2) is 5.69. The van der Waals surface area contributed by atoms with Crippen molar-refractivity contribution in [2.75, 3.05) is 5.75 Å². The molecular weight excluding hydrogens is 136 g/mol. The van der Waals surface area contributed by atoms with E-state index in [1.807, 2.05) is 0 Å². The fraction of sp³-hybridized carbons (Fsp3) is 0.500. The first-order valence-corrected chi connectivity index (χ1v) is 3.83. The topological polar surface area (TPSA) is 37.3 Å². The molecule has 3 heteroatoms. The monoisotopic (exact) mass is 146 g/mol. The van der Waals surface area contributed by atoms with Crippen molar-refractivity contribution in [2.45, 2.75) is 13.3 Å². The number of hydrogen-bond acceptors (Lipinski definition) is 2. The van der Waals surface area contributed by atoms with Crippen LogP contribution < -0.4 is 0 Å². The lowest BCUT2D eigenvalue weighted by atomic mass is 10.6. The van der Waals surface area contributed by atoms with Crippen LogP contribution in [0.4, 0.5) is 0 Å². The molecule has 0 aliphatic carbocycles. The molecule has 52 valence electrons. The van der Waals surface area contributed by atoms with Crippen molar-refractivity contribution < 1.29 is 9.90 Å². The lowest BCUT2D eigenvalue weighted by Gasteiger charge is -1.85. The molecule has 0 amide bonds. The van der Waals surface area contributed by atoms with E-state index < -0.39 is 5.97 Å². The fourth-order valence-corrected chi connectivity index (χ4v) is 0.877. The minimum Gasteiger partial charge on any atom is -0.478 e. The average Bonchev–Trinajstić information content (AvgIpc) is 1.80. The van der Waals surface area contributed by atoms with Crippen molar-refractivity contribution >= 4 is 17.7 Å². The molecule has 0 saturated carbocycles. The number of carbonyl (C=O) groups is 1. The Hall–Kier alpha value is -0.440. The molecule has 0 fully saturated rings. The van der Waals surface area contributed by atoms with Gasteiger partial charge in [-0.1, -0.05) is 6.92 Å². The summed E-state index contributed by atoms with van der Waals surface area (Å²) in [5.74, 6) is 0.114. The Morgan fingerprint density at radius 1 is 1.78 bits per heavy atom. The van der Waals surface area contributed by atoms with Crippen LogP contribution in [0.2, 0.25) is 0 Å². The molecule has 2 nitrogen and oxygen atoms in total. The van der Waals surface area contributed by atoms with E-state index in [1.54, 1.807) is 5.41 Å². The van der Waals surface area contributed by atoms with Gasteiger partial charge in [-0.3, -0.25) is 0 Å². The Balaban J connectivity index is 3.15. The van der Waals surface area contributed by atoms with Crippen molar-refractivity contribution in [3.8, 4) is 0 Å². The predicted octanol–water partition coefficient (Wildman–Crippen LogP) is 1.73. The van der Waals surface area contributed by atoms with Crippen molar-refractivity contribution in [1.29, 1.82) is 0 Å². The largest absolute Gasteiger partial charge is 0.478 e. The van der Waals surface area contributed by atoms with Crippen LogP contribution in [-0.2, 0) is 4.79 Å². The third kappa shape index (κ3) is 7.56. The zero-order valence-electron chi connectivity index (χ0n) is 5.33. The molecule has 0 heterocycles. The lowest BCUT2D eigenvalue weighted by molar-refractivity contribution is -0.131. The maximum atomic E-state index is 9.86. The normalized spacial score (nSPS) is 10.3. The van der Waals surface area contributed by atoms with Gasteiger partial charge < -0.3 is 5.11 Å². The van der Waals surface area contributed by atoms with E-state index in [2.05, 4.69) is 6.92 Å². The number of carboxylic acids is 1. The first-order chi connectivity index (χ1) is 4.27. The molecule has 0 spiro atoms. The molecule has 0 radical (unpaired) electrons. The summed E-state index contributed by atoms with van der Waals surface area (Å²) in [6.07, 6.45) is 2.23. The van der Waals surface area contributed by atoms with Crippen LogP contribution >= 0.6 is 11.8 Å². The predicted molar refractivity (Wildman–Crippen MR) is 39.5 cm³/mol. The summed E-state index contributed by atoms with van der Waals surface area (Å²) in [7, 11) is 0. The smallest absolute Gasteiger partial charge is 0.328 e. The standard InChI is InChI=1S/C6H10O2S/c1-2-4-9-5-3-6(7)8/h3,5H,2,4H2,1H3,(H,7,8). The summed E-state index contributed by atoms with van der Waals surface area (Å²) in [6, 6.07) is 0. The van der Waals surface area contributed by atoms with Gasteiger partial charge >= 0.3 is 5.97 Å². The molecule has 0 aromatic carbocycles. The summed E-state index contributed by atoms with van der Waals surface area (Å²) in [5.41, 5.74) is 0. The van der Waals surface area contributed by atoms with Gasteiger partial charge in [0, 0.05) is 6.08 Å². The third-order valence-electron chi connectivity index (χ3n) is 0.629. The highest BCUT2D eigenvalue weighted by molar-refractivity contribution is 8.02. The number of aliphatic carboxylic acids is 1. The minimum absolute atomic E-state index is 0.876. The van der Waals surface area contributed by atoms with Crippen molar-refractivity contribution in [3.63, 3.8) is 0 Å². The van der Waals surface area contributed by atoms with Crippen LogP contribution in [-0.4, -0.2) is 16.8 Å². The molecule has 0 atom stereocenters. The van der Waals surface area contributed by atoms with E-state index in [9.17, 15) is 4.79 Å². The molecule has 0 aromatic heterocycles. The van der Waals surface area contributed by atoms with E-state index >= 15 is 0 Å². The first kappa shape index (κ1) is 8.56. The van der Waals surface area contributed by atoms with Gasteiger partial charge in [0.2, 0.25) is 0 Å². The highest BCUT2D eigenvalue weighted by atomic mass is 32.2. The highest BCUT2D eigenvalue weighted by Crippen LogP contribution is 2.02. The van der Waals surface area contributed by atoms with Gasteiger partial charge in [-0.05, 0) is 17.6 Å². The molecular formula is C6H10O2S. The van der Waals surface area contributed by atoms with E-state index in [0.717, 1.165) is 18.2 Å². The van der Waals surface area contributed by atoms with Gasteiger partial charge in [-0.2, -0.15) is 0 Å². The maximum Gasteiger partial charge on any atom is 0.328 e. The Morgan fingerprint density at radius 3 is 2.89 bits per heavy atom. The summed E-state index contributed by atoms with van der Waals surface area (Å²) in [4.78, 5) is 9.86. The number of hydrogen-bond donors (Lipinski definition) is 1. The average molecular weight is 146 g/mol. The Bertz CT molecular complexity index is 110. The minimum atomic E-state index is -0.876. The molecule has 1 N–H and O–H groups in total. The molecule has 0 aliphatic heterocycles. The molecule has 0 saturated heterocycles. The van der Waals surface area contributed by atoms with Gasteiger partial charge in [-0.15, -0.1) is 11.8 Å². The van der Waals surface area contributed by atoms with E-state index in [-0.39, 0.29) is 0 Å². The van der Waals surface area contributed by atoms with E-state index in [4.69, 9.17) is 5.11 Å². The summed E-state index contributed by atoms with van der Waals surface area (Å²) >= 11 is 1.52. The SMILES string of the molecule is CCCSC=CC(=O)O. The van der Waals surface area contributed by atoms with E-state index in [1.165, 1.54) is 11.8 Å². The van der Waals surface area contributed by atoms with Crippen molar-refractivity contribution in [3.05, 3.63) is 11.5 Å². The Morgan fingerprint density at radius 2 is 2.44 bits per heavy atom. The number of thioether (sulfide) groups is 1. The number of carboxylic acid groups (broad SMARTS) is 1. The molecule has 0 aromatic rings. The maximum absolute atomic E-state index is 9.86. The summed E-state index contributed by atoms with van der Waals surface area (Å²) in [5, 5.41) is 9.72. The van der Waals surface area contributed by atoms with Crippen molar-refractivity contribution in [2.24, 2.45) is 0 Å². The highest BCUT2D eigenvalue weighted by Gasteiger charge is 1.83. The molecule has 0 unspecified atom stereocenters. The van der Waals surface area contributed by atoms with Crippen LogP contribution in [0.1, 0.15) is 13.3 Å². The van der Waals surface area contributed by atoms with E-state index in [0.29, 0.717) is 0 Å². The molecule has 0 aliphatic rings. The summed E-state index contributed by atoms with van der Waals surface area (Å²) in [6.45, 7) is 2.06. The zero-order chi connectivity index (χ0) is 7.11. The fourth-order valence-electron chi connectivity index (χ4n) is 0.292. The van der Waals surface area contributed by atoms with Gasteiger partial charge in [0.1, 0.15) is 0 Å². The molecule has 0 rings (SSSR count). The van der Waals surface area contributed by atoms with Crippen LogP contribution in [0.3, 0.4) is 0 Å². The lowest BCUT2D eigenvalue weighted by Crippen LogP contribution is -1.84. The van der Waals surface area contributed by atoms with Crippen LogP contribution in [0, 0.1) is 0 Å². The van der Waals surface area contributed by atoms with Gasteiger partial charge in [-0.25, -0.2) is 4.79 Å². The van der Waals surface area contributed by atoms with Gasteiger partial charge in [0.15, 0.2) is 0 Å². The van der Waals surface area contributed by atoms with Crippen LogP contribution in [0.15, 0.2) is 11.5 Å². The van der Waals surface area contributed by atoms with Gasteiger partial charge in [0.25, 0.3) is 0 Å². The quantitative estimate of drug-likeness (QED) is 0.484. The Kier molecular flexibility index (Phi) is 5.41. The molecule has 0 bridgehead atoms. The van der Waals surface area contributed by atoms with Crippen molar-refractivity contribution in [1.82, 2.24) is 0 Å². The van der Waals surface area contributed by atoms with Crippen LogP contribution in [0.25, 0.3) is 0 Å².